The van der Waals surface area contributed by atoms with Gasteiger partial charge in [0.1, 0.15) is 5.82 Å². The number of fused-ring (bicyclic) bond motifs is 2. The number of pyridine rings is 1. The second kappa shape index (κ2) is 6.38. The first-order valence-electron chi connectivity index (χ1n) is 8.53. The van der Waals surface area contributed by atoms with Gasteiger partial charge in [-0.25, -0.2) is 4.39 Å². The highest BCUT2D eigenvalue weighted by atomic mass is 32.2. The summed E-state index contributed by atoms with van der Waals surface area (Å²) in [5.41, 5.74) is 3.74. The van der Waals surface area contributed by atoms with Crippen molar-refractivity contribution in [1.82, 2.24) is 34.6 Å². The minimum absolute atomic E-state index is 0.342. The molecule has 0 unspecified atom stereocenters. The molecule has 5 aromatic rings. The lowest BCUT2D eigenvalue weighted by Crippen LogP contribution is -1.96. The van der Waals surface area contributed by atoms with Gasteiger partial charge in [-0.2, -0.15) is 14.7 Å². The van der Waals surface area contributed by atoms with E-state index >= 15 is 4.39 Å². The molecule has 5 rings (SSSR count). The summed E-state index contributed by atoms with van der Waals surface area (Å²) in [4.78, 5) is 4.84. The summed E-state index contributed by atoms with van der Waals surface area (Å²) in [6.45, 7) is 1.89. The number of benzene rings is 1. The molecule has 4 aromatic heterocycles. The topological polar surface area (TPSA) is 73.8 Å². The van der Waals surface area contributed by atoms with Crippen molar-refractivity contribution in [3.63, 3.8) is 0 Å². The average molecular weight is 391 g/mol. The number of aryl methyl sites for hydroxylation is 2. The van der Waals surface area contributed by atoms with Crippen LogP contribution >= 0.6 is 11.8 Å². The van der Waals surface area contributed by atoms with Crippen LogP contribution in [0.5, 0.6) is 0 Å². The molecule has 0 saturated carbocycles. The Bertz CT molecular complexity index is 1340. The lowest BCUT2D eigenvalue weighted by Gasteiger charge is -2.06. The van der Waals surface area contributed by atoms with E-state index in [1.54, 1.807) is 39.8 Å². The summed E-state index contributed by atoms with van der Waals surface area (Å²) in [5, 5.41) is 17.8. The van der Waals surface area contributed by atoms with Crippen LogP contribution in [0.15, 0.2) is 59.0 Å². The van der Waals surface area contributed by atoms with E-state index in [1.165, 1.54) is 11.8 Å². The molecule has 0 amide bonds. The predicted octanol–water partition coefficient (Wildman–Crippen LogP) is 3.67. The third kappa shape index (κ3) is 2.80. The van der Waals surface area contributed by atoms with E-state index in [-0.39, 0.29) is 5.82 Å². The maximum Gasteiger partial charge on any atom is 0.217 e. The van der Waals surface area contributed by atoms with Gasteiger partial charge in [0.2, 0.25) is 5.16 Å². The Morgan fingerprint density at radius 3 is 2.75 bits per heavy atom. The lowest BCUT2D eigenvalue weighted by atomic mass is 10.1. The first-order chi connectivity index (χ1) is 13.6. The quantitative estimate of drug-likeness (QED) is 0.467. The molecule has 7 nitrogen and oxygen atoms in total. The molecule has 0 aliphatic carbocycles. The Morgan fingerprint density at radius 2 is 1.93 bits per heavy atom. The molecule has 0 aliphatic rings. The lowest BCUT2D eigenvalue weighted by molar-refractivity contribution is 0.613. The first-order valence-corrected chi connectivity index (χ1v) is 9.34. The minimum atomic E-state index is -0.342. The highest BCUT2D eigenvalue weighted by Crippen LogP contribution is 2.33. The van der Waals surface area contributed by atoms with Gasteiger partial charge in [-0.3, -0.25) is 9.67 Å². The number of halogens is 1. The Kier molecular flexibility index (Phi) is 3.83. The Hall–Kier alpha value is -3.33. The maximum atomic E-state index is 15.3. The van der Waals surface area contributed by atoms with Crippen LogP contribution in [-0.2, 0) is 7.05 Å². The molecule has 1 aromatic carbocycles. The zero-order chi connectivity index (χ0) is 19.3. The van der Waals surface area contributed by atoms with Gasteiger partial charge in [0.05, 0.1) is 22.3 Å². The number of hydrogen-bond acceptors (Lipinski definition) is 6. The molecule has 0 bridgehead atoms. The van der Waals surface area contributed by atoms with Crippen molar-refractivity contribution in [2.75, 3.05) is 0 Å². The van der Waals surface area contributed by atoms with Gasteiger partial charge in [-0.1, -0.05) is 0 Å². The molecule has 0 fully saturated rings. The van der Waals surface area contributed by atoms with Crippen molar-refractivity contribution in [1.29, 1.82) is 0 Å². The minimum Gasteiger partial charge on any atom is -0.275 e. The fourth-order valence-electron chi connectivity index (χ4n) is 2.97. The SMILES string of the molecule is Cc1ccc2nnc(Sc3ccc4ncc(-c5cnn(C)c5)cc4c3F)n2n1. The molecule has 0 radical (unpaired) electrons. The van der Waals surface area contributed by atoms with E-state index in [0.29, 0.717) is 26.6 Å². The molecule has 0 atom stereocenters. The molecular formula is C19H14FN7S. The monoisotopic (exact) mass is 391 g/mol. The standard InChI is InChI=1S/C19H14FN7S/c1-11-3-6-17-23-24-19(27(17)25-11)28-16-5-4-15-14(18(16)20)7-12(8-21-15)13-9-22-26(2)10-13/h3-10H,1-2H3. The largest absolute Gasteiger partial charge is 0.275 e. The van der Waals surface area contributed by atoms with Crippen molar-refractivity contribution in [2.45, 2.75) is 17.0 Å². The Morgan fingerprint density at radius 1 is 1.04 bits per heavy atom. The molecule has 28 heavy (non-hydrogen) atoms. The van der Waals surface area contributed by atoms with Crippen molar-refractivity contribution in [2.24, 2.45) is 7.05 Å². The second-order valence-corrected chi connectivity index (χ2v) is 7.41. The number of aromatic nitrogens is 7. The van der Waals surface area contributed by atoms with Crippen LogP contribution in [-0.4, -0.2) is 34.6 Å². The normalized spacial score (nSPS) is 11.5. The second-order valence-electron chi connectivity index (χ2n) is 6.40. The summed E-state index contributed by atoms with van der Waals surface area (Å²) >= 11 is 1.19. The van der Waals surface area contributed by atoms with Crippen molar-refractivity contribution in [3.05, 3.63) is 60.4 Å². The Balaban J connectivity index is 1.59. The van der Waals surface area contributed by atoms with Gasteiger partial charge in [0.25, 0.3) is 0 Å². The maximum absolute atomic E-state index is 15.3. The van der Waals surface area contributed by atoms with Crippen molar-refractivity contribution >= 4 is 28.3 Å². The molecule has 0 aliphatic heterocycles. The van der Waals surface area contributed by atoms with E-state index in [2.05, 4.69) is 25.4 Å². The summed E-state index contributed by atoms with van der Waals surface area (Å²) in [6, 6.07) is 9.00. The van der Waals surface area contributed by atoms with Crippen molar-refractivity contribution < 1.29 is 4.39 Å². The van der Waals surface area contributed by atoms with Gasteiger partial charge in [0, 0.05) is 36.0 Å². The van der Waals surface area contributed by atoms with Crippen LogP contribution in [0.2, 0.25) is 0 Å². The smallest absolute Gasteiger partial charge is 0.217 e. The van der Waals surface area contributed by atoms with Crippen LogP contribution in [0.25, 0.3) is 27.7 Å². The van der Waals surface area contributed by atoms with Gasteiger partial charge in [0.15, 0.2) is 5.65 Å². The van der Waals surface area contributed by atoms with Gasteiger partial charge >= 0.3 is 0 Å². The molecule has 0 spiro atoms. The van der Waals surface area contributed by atoms with Crippen molar-refractivity contribution in [3.8, 4) is 11.1 Å². The molecule has 138 valence electrons. The molecule has 4 heterocycles. The van der Waals surface area contributed by atoms with E-state index in [4.69, 9.17) is 0 Å². The van der Waals surface area contributed by atoms with Gasteiger partial charge in [-0.05, 0) is 49.0 Å². The fourth-order valence-corrected chi connectivity index (χ4v) is 3.81. The van der Waals surface area contributed by atoms with Crippen LogP contribution in [0.1, 0.15) is 5.69 Å². The molecule has 0 N–H and O–H groups in total. The van der Waals surface area contributed by atoms with Crippen LogP contribution in [0.4, 0.5) is 4.39 Å². The summed E-state index contributed by atoms with van der Waals surface area (Å²) in [7, 11) is 1.84. The predicted molar refractivity (Wildman–Crippen MR) is 104 cm³/mol. The van der Waals surface area contributed by atoms with Crippen LogP contribution in [0.3, 0.4) is 0 Å². The fraction of sp³-hybridized carbons (Fsp3) is 0.105. The first kappa shape index (κ1) is 16.8. The third-order valence-corrected chi connectivity index (χ3v) is 5.34. The summed E-state index contributed by atoms with van der Waals surface area (Å²) in [6.07, 6.45) is 5.33. The highest BCUT2D eigenvalue weighted by Gasteiger charge is 2.15. The summed E-state index contributed by atoms with van der Waals surface area (Å²) < 4.78 is 18.6. The summed E-state index contributed by atoms with van der Waals surface area (Å²) in [5.74, 6) is -0.342. The number of hydrogen-bond donors (Lipinski definition) is 0. The van der Waals surface area contributed by atoms with E-state index < -0.39 is 0 Å². The number of nitrogens with zero attached hydrogens (tertiary/aromatic N) is 7. The van der Waals surface area contributed by atoms with E-state index in [9.17, 15) is 0 Å². The van der Waals surface area contributed by atoms with Gasteiger partial charge in [-0.15, -0.1) is 10.2 Å². The average Bonchev–Trinajstić information content (AvgIpc) is 3.30. The molecule has 9 heteroatoms. The molecular weight excluding hydrogens is 377 g/mol. The zero-order valence-corrected chi connectivity index (χ0v) is 15.9. The zero-order valence-electron chi connectivity index (χ0n) is 15.0. The van der Waals surface area contributed by atoms with E-state index in [0.717, 1.165) is 16.8 Å². The number of rotatable bonds is 3. The van der Waals surface area contributed by atoms with Gasteiger partial charge < -0.3 is 0 Å². The third-order valence-electron chi connectivity index (χ3n) is 4.37. The molecule has 0 saturated heterocycles. The van der Waals surface area contributed by atoms with Crippen LogP contribution < -0.4 is 0 Å². The van der Waals surface area contributed by atoms with Crippen LogP contribution in [0, 0.1) is 12.7 Å². The van der Waals surface area contributed by atoms with E-state index in [1.807, 2.05) is 32.3 Å². The highest BCUT2D eigenvalue weighted by molar-refractivity contribution is 7.99. The Labute approximate surface area is 163 Å².